The molecule has 2 amide bonds. The third-order valence-corrected chi connectivity index (χ3v) is 4.97. The first-order valence-corrected chi connectivity index (χ1v) is 8.84. The zero-order chi connectivity index (χ0) is 17.6. The molecular weight excluding hydrogens is 306 g/mol. The van der Waals surface area contributed by atoms with Gasteiger partial charge in [-0.25, -0.2) is 4.79 Å². The van der Waals surface area contributed by atoms with Gasteiger partial charge >= 0.3 is 6.03 Å². The van der Waals surface area contributed by atoms with Gasteiger partial charge in [0.15, 0.2) is 0 Å². The first-order valence-electron chi connectivity index (χ1n) is 8.84. The molecule has 6 nitrogen and oxygen atoms in total. The highest BCUT2D eigenvalue weighted by Gasteiger charge is 2.28. The fourth-order valence-corrected chi connectivity index (χ4v) is 3.47. The number of furan rings is 1. The van der Waals surface area contributed by atoms with E-state index in [1.54, 1.807) is 19.1 Å². The van der Waals surface area contributed by atoms with E-state index in [0.29, 0.717) is 24.3 Å². The van der Waals surface area contributed by atoms with E-state index in [1.807, 2.05) is 0 Å². The summed E-state index contributed by atoms with van der Waals surface area (Å²) in [4.78, 5) is 14.3. The van der Waals surface area contributed by atoms with Crippen LogP contribution in [-0.2, 0) is 5.60 Å². The predicted molar refractivity (Wildman–Crippen MR) is 93.7 cm³/mol. The molecule has 1 aromatic rings. The van der Waals surface area contributed by atoms with E-state index in [2.05, 4.69) is 29.6 Å². The van der Waals surface area contributed by atoms with Crippen LogP contribution >= 0.6 is 0 Å². The number of hydrogen-bond acceptors (Lipinski definition) is 4. The van der Waals surface area contributed by atoms with Gasteiger partial charge in [0.05, 0.1) is 12.8 Å². The minimum Gasteiger partial charge on any atom is -0.466 e. The molecule has 2 unspecified atom stereocenters. The van der Waals surface area contributed by atoms with E-state index in [-0.39, 0.29) is 12.6 Å². The molecule has 0 aromatic carbocycles. The second kappa shape index (κ2) is 8.53. The first kappa shape index (κ1) is 18.8. The maximum absolute atomic E-state index is 12.1. The van der Waals surface area contributed by atoms with Crippen LogP contribution < -0.4 is 10.6 Å². The fourth-order valence-electron chi connectivity index (χ4n) is 3.47. The lowest BCUT2D eigenvalue weighted by atomic mass is 9.83. The summed E-state index contributed by atoms with van der Waals surface area (Å²) in [7, 11) is 4.14. The van der Waals surface area contributed by atoms with Crippen molar-refractivity contribution in [3.8, 4) is 0 Å². The molecule has 1 aliphatic carbocycles. The van der Waals surface area contributed by atoms with Gasteiger partial charge in [-0.15, -0.1) is 0 Å². The van der Waals surface area contributed by atoms with Gasteiger partial charge in [-0.05, 0) is 51.9 Å². The van der Waals surface area contributed by atoms with Crippen molar-refractivity contribution in [1.29, 1.82) is 0 Å². The molecule has 24 heavy (non-hydrogen) atoms. The van der Waals surface area contributed by atoms with Crippen LogP contribution in [0.15, 0.2) is 22.8 Å². The highest BCUT2D eigenvalue weighted by molar-refractivity contribution is 5.73. The number of carbonyl (C=O) groups excluding carboxylic acids is 1. The number of nitrogens with zero attached hydrogens (tertiary/aromatic N) is 1. The van der Waals surface area contributed by atoms with Crippen LogP contribution in [0.25, 0.3) is 0 Å². The summed E-state index contributed by atoms with van der Waals surface area (Å²) in [6.45, 7) is 2.34. The van der Waals surface area contributed by atoms with Crippen LogP contribution in [0.1, 0.15) is 44.8 Å². The van der Waals surface area contributed by atoms with E-state index in [0.717, 1.165) is 0 Å². The maximum atomic E-state index is 12.1. The van der Waals surface area contributed by atoms with Crippen LogP contribution in [0.3, 0.4) is 0 Å². The normalized spacial score (nSPS) is 19.7. The standard InChI is InChI=1S/C18H31N3O3/c1-18(23,16-10-7-11-24-16)13-20-17(22)19-12-15(21(2)3)14-8-5-4-6-9-14/h7,10-11,14-15,23H,4-6,8-9,12-13H2,1-3H3,(H2,19,20,22). The molecule has 0 radical (unpaired) electrons. The summed E-state index contributed by atoms with van der Waals surface area (Å²) < 4.78 is 5.21. The average Bonchev–Trinajstić information content (AvgIpc) is 3.09. The van der Waals surface area contributed by atoms with Gasteiger partial charge in [0.1, 0.15) is 11.4 Å². The third-order valence-electron chi connectivity index (χ3n) is 4.97. The number of carbonyl (C=O) groups is 1. The van der Waals surface area contributed by atoms with Crippen molar-refractivity contribution >= 4 is 6.03 Å². The minimum absolute atomic E-state index is 0.0996. The van der Waals surface area contributed by atoms with Gasteiger partial charge in [-0.1, -0.05) is 19.3 Å². The van der Waals surface area contributed by atoms with Gasteiger partial charge in [-0.3, -0.25) is 0 Å². The summed E-state index contributed by atoms with van der Waals surface area (Å²) in [6.07, 6.45) is 7.88. The molecule has 136 valence electrons. The smallest absolute Gasteiger partial charge is 0.314 e. The second-order valence-electron chi connectivity index (χ2n) is 7.24. The predicted octanol–water partition coefficient (Wildman–Crippen LogP) is 2.30. The largest absolute Gasteiger partial charge is 0.466 e. The Balaban J connectivity index is 1.78. The summed E-state index contributed by atoms with van der Waals surface area (Å²) in [5, 5.41) is 16.0. The quantitative estimate of drug-likeness (QED) is 0.713. The molecule has 0 bridgehead atoms. The Hall–Kier alpha value is -1.53. The van der Waals surface area contributed by atoms with Gasteiger partial charge < -0.3 is 25.1 Å². The minimum atomic E-state index is -1.22. The van der Waals surface area contributed by atoms with Crippen molar-refractivity contribution in [2.75, 3.05) is 27.2 Å². The van der Waals surface area contributed by atoms with Crippen molar-refractivity contribution in [3.63, 3.8) is 0 Å². The number of likely N-dealkylation sites (N-methyl/N-ethyl adjacent to an activating group) is 1. The number of amides is 2. The SMILES string of the molecule is CN(C)C(CNC(=O)NCC(C)(O)c1ccco1)C1CCCCC1. The lowest BCUT2D eigenvalue weighted by Gasteiger charge is -2.35. The summed E-state index contributed by atoms with van der Waals surface area (Å²) >= 11 is 0. The van der Waals surface area contributed by atoms with Gasteiger partial charge in [0.2, 0.25) is 0 Å². The van der Waals surface area contributed by atoms with E-state index in [9.17, 15) is 9.90 Å². The lowest BCUT2D eigenvalue weighted by molar-refractivity contribution is 0.0366. The van der Waals surface area contributed by atoms with Crippen LogP contribution in [0.2, 0.25) is 0 Å². The van der Waals surface area contributed by atoms with E-state index >= 15 is 0 Å². The Bertz CT molecular complexity index is 494. The van der Waals surface area contributed by atoms with Crippen molar-refractivity contribution in [2.24, 2.45) is 5.92 Å². The fraction of sp³-hybridized carbons (Fsp3) is 0.722. The molecule has 2 atom stereocenters. The highest BCUT2D eigenvalue weighted by atomic mass is 16.4. The van der Waals surface area contributed by atoms with E-state index in [1.165, 1.54) is 38.4 Å². The van der Waals surface area contributed by atoms with E-state index < -0.39 is 5.60 Å². The van der Waals surface area contributed by atoms with Crippen LogP contribution in [0, 0.1) is 5.92 Å². The monoisotopic (exact) mass is 337 g/mol. The molecule has 0 saturated heterocycles. The molecule has 1 aliphatic rings. The molecule has 6 heteroatoms. The van der Waals surface area contributed by atoms with Crippen molar-refractivity contribution < 1.29 is 14.3 Å². The number of rotatable bonds is 7. The first-order chi connectivity index (χ1) is 11.4. The van der Waals surface area contributed by atoms with Gasteiger partial charge in [0, 0.05) is 12.6 Å². The highest BCUT2D eigenvalue weighted by Crippen LogP contribution is 2.28. The summed E-state index contributed by atoms with van der Waals surface area (Å²) in [5.74, 6) is 1.08. The van der Waals surface area contributed by atoms with Crippen LogP contribution in [0.4, 0.5) is 4.79 Å². The zero-order valence-electron chi connectivity index (χ0n) is 15.0. The third kappa shape index (κ3) is 5.24. The lowest BCUT2D eigenvalue weighted by Crippen LogP contribution is -2.49. The molecule has 0 spiro atoms. The molecule has 2 rings (SSSR count). The molecule has 1 fully saturated rings. The summed E-state index contributed by atoms with van der Waals surface area (Å²) in [6, 6.07) is 3.51. The molecule has 1 heterocycles. The Labute approximate surface area is 144 Å². The number of urea groups is 1. The van der Waals surface area contributed by atoms with Gasteiger partial charge in [-0.2, -0.15) is 0 Å². The number of hydrogen-bond donors (Lipinski definition) is 3. The Morgan fingerprint density at radius 1 is 1.38 bits per heavy atom. The number of aliphatic hydroxyl groups is 1. The Morgan fingerprint density at radius 2 is 2.08 bits per heavy atom. The van der Waals surface area contributed by atoms with Crippen molar-refractivity contribution in [1.82, 2.24) is 15.5 Å². The van der Waals surface area contributed by atoms with Gasteiger partial charge in [0.25, 0.3) is 0 Å². The Morgan fingerprint density at radius 3 is 2.67 bits per heavy atom. The zero-order valence-corrected chi connectivity index (χ0v) is 15.0. The maximum Gasteiger partial charge on any atom is 0.314 e. The van der Waals surface area contributed by atoms with Crippen LogP contribution in [-0.4, -0.2) is 49.3 Å². The molecule has 0 aliphatic heterocycles. The molecule has 3 N–H and O–H groups in total. The molecular formula is C18H31N3O3. The number of nitrogens with one attached hydrogen (secondary N) is 2. The average molecular weight is 337 g/mol. The van der Waals surface area contributed by atoms with Crippen LogP contribution in [0.5, 0.6) is 0 Å². The second-order valence-corrected chi connectivity index (χ2v) is 7.24. The van der Waals surface area contributed by atoms with E-state index in [4.69, 9.17) is 4.42 Å². The summed E-state index contributed by atoms with van der Waals surface area (Å²) in [5.41, 5.74) is -1.22. The van der Waals surface area contributed by atoms with Crippen molar-refractivity contribution in [3.05, 3.63) is 24.2 Å². The molecule has 1 aromatic heterocycles. The van der Waals surface area contributed by atoms with Crippen molar-refractivity contribution in [2.45, 2.75) is 50.7 Å². The Kier molecular flexibility index (Phi) is 6.69. The topological polar surface area (TPSA) is 77.7 Å². The molecule has 1 saturated carbocycles.